The molecule has 0 aliphatic heterocycles. The summed E-state index contributed by atoms with van der Waals surface area (Å²) >= 11 is 0. The van der Waals surface area contributed by atoms with Gasteiger partial charge in [0.05, 0.1) is 12.1 Å². The molecule has 0 saturated heterocycles. The van der Waals surface area contributed by atoms with Crippen LogP contribution in [-0.2, 0) is 0 Å². The summed E-state index contributed by atoms with van der Waals surface area (Å²) in [6, 6.07) is 15.1. The van der Waals surface area contributed by atoms with Crippen LogP contribution in [0.5, 0.6) is 5.75 Å². The molecule has 0 fully saturated rings. The van der Waals surface area contributed by atoms with Crippen LogP contribution in [0.4, 0.5) is 8.78 Å². The van der Waals surface area contributed by atoms with Gasteiger partial charge in [-0.2, -0.15) is 8.78 Å². The Bertz CT molecular complexity index is 691. The van der Waals surface area contributed by atoms with Gasteiger partial charge in [0.2, 0.25) is 0 Å². The molecule has 0 aromatic heterocycles. The number of nitrogens with one attached hydrogen (secondary N) is 1. The number of carbonyl (C=O) groups is 1. The van der Waals surface area contributed by atoms with E-state index >= 15 is 0 Å². The van der Waals surface area contributed by atoms with Gasteiger partial charge in [-0.3, -0.25) is 4.79 Å². The SMILES string of the molecule is O=C(NCC#Cc1ccccc1)c1ccccc1OC(F)F. The van der Waals surface area contributed by atoms with E-state index in [1.165, 1.54) is 18.2 Å². The van der Waals surface area contributed by atoms with Crippen LogP contribution in [0.3, 0.4) is 0 Å². The molecule has 2 rings (SSSR count). The van der Waals surface area contributed by atoms with E-state index in [4.69, 9.17) is 0 Å². The lowest BCUT2D eigenvalue weighted by atomic mass is 10.2. The summed E-state index contributed by atoms with van der Waals surface area (Å²) in [5.74, 6) is 5.00. The fourth-order valence-electron chi connectivity index (χ4n) is 1.74. The number of ether oxygens (including phenoxy) is 1. The minimum Gasteiger partial charge on any atom is -0.434 e. The summed E-state index contributed by atoms with van der Waals surface area (Å²) in [6.45, 7) is -2.87. The maximum absolute atomic E-state index is 12.3. The van der Waals surface area contributed by atoms with Crippen molar-refractivity contribution in [1.29, 1.82) is 0 Å². The van der Waals surface area contributed by atoms with Gasteiger partial charge in [0.15, 0.2) is 0 Å². The van der Waals surface area contributed by atoms with Crippen molar-refractivity contribution in [2.75, 3.05) is 6.54 Å². The molecule has 0 aliphatic rings. The smallest absolute Gasteiger partial charge is 0.387 e. The second-order valence-corrected chi connectivity index (χ2v) is 4.23. The summed E-state index contributed by atoms with van der Waals surface area (Å²) in [6.07, 6.45) is 0. The van der Waals surface area contributed by atoms with Crippen molar-refractivity contribution in [2.24, 2.45) is 0 Å². The monoisotopic (exact) mass is 301 g/mol. The highest BCUT2D eigenvalue weighted by Crippen LogP contribution is 2.19. The van der Waals surface area contributed by atoms with Crippen molar-refractivity contribution in [3.8, 4) is 17.6 Å². The van der Waals surface area contributed by atoms with Crippen LogP contribution in [0, 0.1) is 11.8 Å². The number of hydrogen-bond donors (Lipinski definition) is 1. The van der Waals surface area contributed by atoms with Gasteiger partial charge in [0.25, 0.3) is 5.91 Å². The summed E-state index contributed by atoms with van der Waals surface area (Å²) in [7, 11) is 0. The molecule has 0 saturated carbocycles. The molecule has 0 bridgehead atoms. The molecule has 2 aromatic carbocycles. The minimum atomic E-state index is -2.98. The summed E-state index contributed by atoms with van der Waals surface area (Å²) < 4.78 is 28.9. The van der Waals surface area contributed by atoms with Crippen molar-refractivity contribution in [2.45, 2.75) is 6.61 Å². The zero-order chi connectivity index (χ0) is 15.8. The van der Waals surface area contributed by atoms with Crippen LogP contribution in [0.25, 0.3) is 0 Å². The van der Waals surface area contributed by atoms with Crippen molar-refractivity contribution in [1.82, 2.24) is 5.32 Å². The first kappa shape index (κ1) is 15.5. The average Bonchev–Trinajstić information content (AvgIpc) is 2.52. The lowest BCUT2D eigenvalue weighted by Crippen LogP contribution is -2.24. The van der Waals surface area contributed by atoms with Gasteiger partial charge in [-0.25, -0.2) is 0 Å². The van der Waals surface area contributed by atoms with Crippen LogP contribution in [-0.4, -0.2) is 19.1 Å². The van der Waals surface area contributed by atoms with Gasteiger partial charge in [0.1, 0.15) is 5.75 Å². The molecule has 0 unspecified atom stereocenters. The number of rotatable bonds is 4. The Labute approximate surface area is 126 Å². The van der Waals surface area contributed by atoms with Gasteiger partial charge in [-0.15, -0.1) is 0 Å². The number of para-hydroxylation sites is 1. The standard InChI is InChI=1S/C17H13F2NO2/c18-17(19)22-15-11-5-4-10-14(15)16(21)20-12-6-9-13-7-2-1-3-8-13/h1-5,7-8,10-11,17H,12H2,(H,20,21). The highest BCUT2D eigenvalue weighted by Gasteiger charge is 2.14. The molecule has 112 valence electrons. The first-order valence-corrected chi connectivity index (χ1v) is 6.53. The summed E-state index contributed by atoms with van der Waals surface area (Å²) in [5.41, 5.74) is 0.877. The van der Waals surface area contributed by atoms with Gasteiger partial charge in [0, 0.05) is 5.56 Å². The molecule has 0 spiro atoms. The molecule has 1 amide bonds. The van der Waals surface area contributed by atoms with E-state index in [1.54, 1.807) is 6.07 Å². The predicted molar refractivity (Wildman–Crippen MR) is 78.7 cm³/mol. The van der Waals surface area contributed by atoms with E-state index in [0.29, 0.717) is 0 Å². The van der Waals surface area contributed by atoms with E-state index in [1.807, 2.05) is 30.3 Å². The van der Waals surface area contributed by atoms with Crippen molar-refractivity contribution >= 4 is 5.91 Å². The predicted octanol–water partition coefficient (Wildman–Crippen LogP) is 3.07. The molecule has 22 heavy (non-hydrogen) atoms. The molecule has 0 atom stereocenters. The van der Waals surface area contributed by atoms with Crippen LogP contribution >= 0.6 is 0 Å². The zero-order valence-electron chi connectivity index (χ0n) is 11.6. The first-order valence-electron chi connectivity index (χ1n) is 6.53. The molecular formula is C17H13F2NO2. The fraction of sp³-hybridized carbons (Fsp3) is 0.118. The minimum absolute atomic E-state index is 0.0457. The molecule has 0 aliphatic carbocycles. The number of halogens is 2. The van der Waals surface area contributed by atoms with Crippen LogP contribution in [0.2, 0.25) is 0 Å². The lowest BCUT2D eigenvalue weighted by molar-refractivity contribution is -0.0501. The Kier molecular flexibility index (Phi) is 5.50. The molecule has 0 radical (unpaired) electrons. The van der Waals surface area contributed by atoms with Gasteiger partial charge >= 0.3 is 6.61 Å². The van der Waals surface area contributed by atoms with E-state index < -0.39 is 12.5 Å². The Hall–Kier alpha value is -2.87. The lowest BCUT2D eigenvalue weighted by Gasteiger charge is -2.09. The quantitative estimate of drug-likeness (QED) is 0.881. The van der Waals surface area contributed by atoms with Crippen molar-refractivity contribution in [3.63, 3.8) is 0 Å². The van der Waals surface area contributed by atoms with Gasteiger partial charge in [-0.05, 0) is 24.3 Å². The van der Waals surface area contributed by atoms with Gasteiger partial charge in [-0.1, -0.05) is 42.2 Å². The maximum atomic E-state index is 12.3. The molecule has 1 N–H and O–H groups in total. The maximum Gasteiger partial charge on any atom is 0.387 e. The normalized spacial score (nSPS) is 9.77. The second-order valence-electron chi connectivity index (χ2n) is 4.23. The third kappa shape index (κ3) is 4.60. The van der Waals surface area contributed by atoms with Crippen LogP contribution in [0.1, 0.15) is 15.9 Å². The Morgan fingerprint density at radius 1 is 1.09 bits per heavy atom. The molecular weight excluding hydrogens is 288 g/mol. The number of hydrogen-bond acceptors (Lipinski definition) is 2. The number of alkyl halides is 2. The first-order chi connectivity index (χ1) is 10.7. The summed E-state index contributed by atoms with van der Waals surface area (Å²) in [4.78, 5) is 12.0. The number of benzene rings is 2. The molecule has 2 aromatic rings. The fourth-order valence-corrected chi connectivity index (χ4v) is 1.74. The highest BCUT2D eigenvalue weighted by atomic mass is 19.3. The van der Waals surface area contributed by atoms with Gasteiger partial charge < -0.3 is 10.1 Å². The third-order valence-electron chi connectivity index (χ3n) is 2.69. The molecule has 0 heterocycles. The van der Waals surface area contributed by atoms with E-state index in [2.05, 4.69) is 21.9 Å². The van der Waals surface area contributed by atoms with Crippen molar-refractivity contribution < 1.29 is 18.3 Å². The Balaban J connectivity index is 1.97. The van der Waals surface area contributed by atoms with E-state index in [0.717, 1.165) is 5.56 Å². The number of amides is 1. The highest BCUT2D eigenvalue weighted by molar-refractivity contribution is 5.97. The largest absolute Gasteiger partial charge is 0.434 e. The van der Waals surface area contributed by atoms with E-state index in [-0.39, 0.29) is 17.9 Å². The second kappa shape index (κ2) is 7.79. The summed E-state index contributed by atoms with van der Waals surface area (Å²) in [5, 5.41) is 2.55. The van der Waals surface area contributed by atoms with Crippen LogP contribution < -0.4 is 10.1 Å². The van der Waals surface area contributed by atoms with Crippen LogP contribution in [0.15, 0.2) is 54.6 Å². The third-order valence-corrected chi connectivity index (χ3v) is 2.69. The number of carbonyl (C=O) groups excluding carboxylic acids is 1. The average molecular weight is 301 g/mol. The zero-order valence-corrected chi connectivity index (χ0v) is 11.6. The molecule has 5 heteroatoms. The molecule has 3 nitrogen and oxygen atoms in total. The topological polar surface area (TPSA) is 38.3 Å². The van der Waals surface area contributed by atoms with E-state index in [9.17, 15) is 13.6 Å². The Morgan fingerprint density at radius 3 is 2.50 bits per heavy atom. The van der Waals surface area contributed by atoms with Crippen molar-refractivity contribution in [3.05, 3.63) is 65.7 Å². The Morgan fingerprint density at radius 2 is 1.77 bits per heavy atom.